The summed E-state index contributed by atoms with van der Waals surface area (Å²) in [6.07, 6.45) is 2.42. The van der Waals surface area contributed by atoms with Gasteiger partial charge in [-0.15, -0.1) is 0 Å². The number of nitrogens with zero attached hydrogens (tertiary/aromatic N) is 2. The lowest BCUT2D eigenvalue weighted by atomic mass is 10.2. The Bertz CT molecular complexity index is 965. The highest BCUT2D eigenvalue weighted by Crippen LogP contribution is 2.30. The van der Waals surface area contributed by atoms with Crippen LogP contribution in [0.3, 0.4) is 0 Å². The molecule has 0 unspecified atom stereocenters. The summed E-state index contributed by atoms with van der Waals surface area (Å²) in [6, 6.07) is 8.92. The first-order chi connectivity index (χ1) is 13.1. The highest BCUT2D eigenvalue weighted by atomic mass is 16.5. The lowest BCUT2D eigenvalue weighted by Gasteiger charge is -2.12. The Balaban J connectivity index is 2.05. The number of methoxy groups -OCH3 is 2. The average molecular weight is 369 g/mol. The number of nitrogens with one attached hydrogen (secondary N) is 1. The van der Waals surface area contributed by atoms with E-state index in [1.807, 2.05) is 32.2 Å². The first-order valence-electron chi connectivity index (χ1n) is 8.79. The number of hydrogen-bond donors (Lipinski definition) is 1. The molecule has 1 N–H and O–H groups in total. The minimum atomic E-state index is -0.278. The number of benzene rings is 1. The molecule has 0 aliphatic rings. The molecular formula is C20H23N3O4. The number of hydrogen-bond acceptors (Lipinski definition) is 5. The van der Waals surface area contributed by atoms with Gasteiger partial charge in [0.25, 0.3) is 5.91 Å². The molecule has 7 nitrogen and oxygen atoms in total. The van der Waals surface area contributed by atoms with Crippen LogP contribution in [-0.4, -0.2) is 36.1 Å². The molecule has 0 bridgehead atoms. The number of carbonyl (C=O) groups is 1. The number of imidazole rings is 1. The van der Waals surface area contributed by atoms with E-state index in [1.165, 1.54) is 0 Å². The third-order valence-electron chi connectivity index (χ3n) is 4.19. The van der Waals surface area contributed by atoms with Crippen LogP contribution in [-0.2, 0) is 6.42 Å². The first kappa shape index (κ1) is 18.6. The molecule has 1 aromatic carbocycles. The highest BCUT2D eigenvalue weighted by molar-refractivity contribution is 6.05. The molecule has 27 heavy (non-hydrogen) atoms. The van der Waals surface area contributed by atoms with Crippen molar-refractivity contribution in [2.24, 2.45) is 0 Å². The second kappa shape index (κ2) is 7.99. The van der Waals surface area contributed by atoms with E-state index >= 15 is 0 Å². The zero-order chi connectivity index (χ0) is 19.4. The van der Waals surface area contributed by atoms with Crippen molar-refractivity contribution >= 4 is 17.2 Å². The largest absolute Gasteiger partial charge is 0.497 e. The molecule has 0 saturated heterocycles. The fourth-order valence-corrected chi connectivity index (χ4v) is 2.94. The van der Waals surface area contributed by atoms with E-state index < -0.39 is 0 Å². The average Bonchev–Trinajstić information content (AvgIpc) is 3.08. The van der Waals surface area contributed by atoms with Crippen molar-refractivity contribution in [2.45, 2.75) is 20.3 Å². The Kier molecular flexibility index (Phi) is 5.49. The Labute approximate surface area is 157 Å². The maximum absolute atomic E-state index is 13.1. The van der Waals surface area contributed by atoms with Gasteiger partial charge in [-0.05, 0) is 37.6 Å². The van der Waals surface area contributed by atoms with Gasteiger partial charge in [0.15, 0.2) is 11.4 Å². The van der Waals surface area contributed by atoms with E-state index in [0.29, 0.717) is 53.0 Å². The first-order valence-corrected chi connectivity index (χ1v) is 8.79. The fraction of sp³-hybridized carbons (Fsp3) is 0.300. The van der Waals surface area contributed by atoms with Crippen molar-refractivity contribution in [3.63, 3.8) is 0 Å². The van der Waals surface area contributed by atoms with Gasteiger partial charge in [0.05, 0.1) is 32.2 Å². The van der Waals surface area contributed by atoms with Gasteiger partial charge in [-0.1, -0.05) is 6.92 Å². The number of amides is 1. The highest BCUT2D eigenvalue weighted by Gasteiger charge is 2.21. The number of ether oxygens (including phenoxy) is 3. The van der Waals surface area contributed by atoms with E-state index in [-0.39, 0.29) is 5.91 Å². The molecule has 0 atom stereocenters. The molecule has 0 saturated carbocycles. The molecular weight excluding hydrogens is 346 g/mol. The van der Waals surface area contributed by atoms with Crippen LogP contribution in [0.4, 0.5) is 5.69 Å². The summed E-state index contributed by atoms with van der Waals surface area (Å²) < 4.78 is 18.0. The zero-order valence-electron chi connectivity index (χ0n) is 15.9. The van der Waals surface area contributed by atoms with Crippen LogP contribution >= 0.6 is 0 Å². The summed E-state index contributed by atoms with van der Waals surface area (Å²) >= 11 is 0. The van der Waals surface area contributed by atoms with Crippen molar-refractivity contribution in [3.05, 3.63) is 47.9 Å². The minimum absolute atomic E-state index is 0.278. The number of aromatic nitrogens is 2. The molecule has 142 valence electrons. The lowest BCUT2D eigenvalue weighted by Crippen LogP contribution is -2.17. The smallest absolute Gasteiger partial charge is 0.274 e. The SMILES string of the molecule is CCOc1cccn2c(C(=O)Nc3cc(OC)ccc3OC)c(CC)nc12. The van der Waals surface area contributed by atoms with Crippen molar-refractivity contribution < 1.29 is 19.0 Å². The molecule has 0 aliphatic carbocycles. The van der Waals surface area contributed by atoms with Gasteiger partial charge in [0.2, 0.25) is 0 Å². The molecule has 1 amide bonds. The number of anilines is 1. The Hall–Kier alpha value is -3.22. The van der Waals surface area contributed by atoms with E-state index in [9.17, 15) is 4.79 Å². The van der Waals surface area contributed by atoms with Crippen molar-refractivity contribution in [1.29, 1.82) is 0 Å². The zero-order valence-corrected chi connectivity index (χ0v) is 15.9. The van der Waals surface area contributed by atoms with Crippen LogP contribution < -0.4 is 19.5 Å². The van der Waals surface area contributed by atoms with Gasteiger partial charge < -0.3 is 19.5 Å². The van der Waals surface area contributed by atoms with E-state index in [2.05, 4.69) is 10.3 Å². The number of carbonyl (C=O) groups excluding carboxylic acids is 1. The summed E-state index contributed by atoms with van der Waals surface area (Å²) in [6.45, 7) is 4.40. The monoisotopic (exact) mass is 369 g/mol. The maximum atomic E-state index is 13.1. The molecule has 3 rings (SSSR count). The van der Waals surface area contributed by atoms with Gasteiger partial charge in [-0.3, -0.25) is 9.20 Å². The van der Waals surface area contributed by atoms with Crippen LogP contribution in [0.15, 0.2) is 36.5 Å². The fourth-order valence-electron chi connectivity index (χ4n) is 2.94. The minimum Gasteiger partial charge on any atom is -0.497 e. The molecule has 0 fully saturated rings. The van der Waals surface area contributed by atoms with Crippen molar-refractivity contribution in [2.75, 3.05) is 26.1 Å². The predicted molar refractivity (Wildman–Crippen MR) is 103 cm³/mol. The van der Waals surface area contributed by atoms with Crippen molar-refractivity contribution in [3.8, 4) is 17.2 Å². The number of pyridine rings is 1. The standard InChI is InChI=1S/C20H23N3O4/c1-5-14-18(23-11-7-8-17(27-6-2)19(23)21-14)20(24)22-15-12-13(25-3)9-10-16(15)26-4/h7-12H,5-6H2,1-4H3,(H,22,24). The van der Waals surface area contributed by atoms with Crippen LogP contribution in [0.1, 0.15) is 30.0 Å². The molecule has 2 heterocycles. The number of rotatable bonds is 7. The van der Waals surface area contributed by atoms with E-state index in [1.54, 1.807) is 36.8 Å². The summed E-state index contributed by atoms with van der Waals surface area (Å²) in [5.74, 6) is 1.54. The molecule has 3 aromatic rings. The molecule has 0 spiro atoms. The topological polar surface area (TPSA) is 74.1 Å². The maximum Gasteiger partial charge on any atom is 0.274 e. The Morgan fingerprint density at radius 1 is 1.15 bits per heavy atom. The third kappa shape index (κ3) is 3.53. The lowest BCUT2D eigenvalue weighted by molar-refractivity contribution is 0.102. The normalized spacial score (nSPS) is 10.7. The predicted octanol–water partition coefficient (Wildman–Crippen LogP) is 3.56. The van der Waals surface area contributed by atoms with Gasteiger partial charge in [0.1, 0.15) is 17.2 Å². The molecule has 7 heteroatoms. The molecule has 0 radical (unpaired) electrons. The van der Waals surface area contributed by atoms with Gasteiger partial charge in [0, 0.05) is 12.3 Å². The number of fused-ring (bicyclic) bond motifs is 1. The van der Waals surface area contributed by atoms with Gasteiger partial charge in [-0.25, -0.2) is 4.98 Å². The second-order valence-electron chi connectivity index (χ2n) is 5.78. The van der Waals surface area contributed by atoms with Gasteiger partial charge >= 0.3 is 0 Å². The summed E-state index contributed by atoms with van der Waals surface area (Å²) in [7, 11) is 3.12. The third-order valence-corrected chi connectivity index (χ3v) is 4.19. The Morgan fingerprint density at radius 2 is 1.96 bits per heavy atom. The van der Waals surface area contributed by atoms with Gasteiger partial charge in [-0.2, -0.15) is 0 Å². The van der Waals surface area contributed by atoms with Crippen molar-refractivity contribution in [1.82, 2.24) is 9.38 Å². The van der Waals surface area contributed by atoms with Crippen LogP contribution in [0.2, 0.25) is 0 Å². The van der Waals surface area contributed by atoms with Crippen LogP contribution in [0, 0.1) is 0 Å². The second-order valence-corrected chi connectivity index (χ2v) is 5.78. The quantitative estimate of drug-likeness (QED) is 0.689. The van der Waals surface area contributed by atoms with Crippen LogP contribution in [0.5, 0.6) is 17.2 Å². The van der Waals surface area contributed by atoms with E-state index in [0.717, 1.165) is 0 Å². The van der Waals surface area contributed by atoms with Crippen LogP contribution in [0.25, 0.3) is 5.65 Å². The summed E-state index contributed by atoms with van der Waals surface area (Å²) in [5, 5.41) is 2.91. The molecule has 2 aromatic heterocycles. The van der Waals surface area contributed by atoms with E-state index in [4.69, 9.17) is 14.2 Å². The number of aryl methyl sites for hydroxylation is 1. The molecule has 0 aliphatic heterocycles. The Morgan fingerprint density at radius 3 is 2.63 bits per heavy atom. The summed E-state index contributed by atoms with van der Waals surface area (Å²) in [5.41, 5.74) is 2.32. The summed E-state index contributed by atoms with van der Waals surface area (Å²) in [4.78, 5) is 17.7.